The van der Waals surface area contributed by atoms with E-state index >= 15 is 0 Å². The van der Waals surface area contributed by atoms with Gasteiger partial charge in [0.1, 0.15) is 0 Å². The molecule has 1 amide bonds. The van der Waals surface area contributed by atoms with Crippen molar-refractivity contribution in [2.75, 3.05) is 6.54 Å². The molecule has 0 bridgehead atoms. The SMILES string of the molecule is CC(C)C1(CNC(=O)C2C=CC(N)C2)CC1. The zero-order chi connectivity index (χ0) is 11.8. The lowest BCUT2D eigenvalue weighted by Crippen LogP contribution is -2.36. The minimum absolute atomic E-state index is 0.00189. The van der Waals surface area contributed by atoms with Gasteiger partial charge in [0.15, 0.2) is 0 Å². The van der Waals surface area contributed by atoms with E-state index in [-0.39, 0.29) is 17.9 Å². The fraction of sp³-hybridized carbons (Fsp3) is 0.769. The third-order valence-electron chi connectivity index (χ3n) is 4.19. The van der Waals surface area contributed by atoms with Gasteiger partial charge in [-0.1, -0.05) is 26.0 Å². The van der Waals surface area contributed by atoms with Crippen LogP contribution in [0.1, 0.15) is 33.1 Å². The van der Waals surface area contributed by atoms with E-state index in [1.165, 1.54) is 12.8 Å². The predicted octanol–water partition coefficient (Wildman–Crippen LogP) is 1.44. The van der Waals surface area contributed by atoms with Crippen molar-refractivity contribution in [3.05, 3.63) is 12.2 Å². The van der Waals surface area contributed by atoms with Crippen molar-refractivity contribution in [1.29, 1.82) is 0 Å². The zero-order valence-corrected chi connectivity index (χ0v) is 10.2. The summed E-state index contributed by atoms with van der Waals surface area (Å²) >= 11 is 0. The smallest absolute Gasteiger partial charge is 0.227 e. The first-order valence-corrected chi connectivity index (χ1v) is 6.25. The van der Waals surface area contributed by atoms with E-state index < -0.39 is 0 Å². The largest absolute Gasteiger partial charge is 0.355 e. The van der Waals surface area contributed by atoms with Crippen LogP contribution in [-0.4, -0.2) is 18.5 Å². The molecule has 1 saturated carbocycles. The highest BCUT2D eigenvalue weighted by atomic mass is 16.1. The van der Waals surface area contributed by atoms with E-state index in [2.05, 4.69) is 19.2 Å². The number of hydrogen-bond donors (Lipinski definition) is 2. The first-order valence-electron chi connectivity index (χ1n) is 6.25. The van der Waals surface area contributed by atoms with Gasteiger partial charge in [-0.05, 0) is 30.6 Å². The number of amides is 1. The molecule has 2 atom stereocenters. The monoisotopic (exact) mass is 222 g/mol. The van der Waals surface area contributed by atoms with Gasteiger partial charge >= 0.3 is 0 Å². The van der Waals surface area contributed by atoms with Crippen LogP contribution >= 0.6 is 0 Å². The molecule has 1 fully saturated rings. The van der Waals surface area contributed by atoms with Crippen LogP contribution in [0, 0.1) is 17.3 Å². The Morgan fingerprint density at radius 3 is 2.62 bits per heavy atom. The van der Waals surface area contributed by atoms with Gasteiger partial charge in [-0.2, -0.15) is 0 Å². The standard InChI is InChI=1S/C13H22N2O/c1-9(2)13(5-6-13)8-15-12(16)10-3-4-11(14)7-10/h3-4,9-11H,5-8,14H2,1-2H3,(H,15,16). The highest BCUT2D eigenvalue weighted by Crippen LogP contribution is 2.51. The van der Waals surface area contributed by atoms with E-state index in [1.54, 1.807) is 0 Å². The zero-order valence-electron chi connectivity index (χ0n) is 10.2. The number of nitrogens with two attached hydrogens (primary N) is 1. The molecular formula is C13H22N2O. The molecule has 2 rings (SSSR count). The van der Waals surface area contributed by atoms with Gasteiger partial charge in [-0.25, -0.2) is 0 Å². The van der Waals surface area contributed by atoms with E-state index in [9.17, 15) is 4.79 Å². The van der Waals surface area contributed by atoms with Crippen LogP contribution in [0.25, 0.3) is 0 Å². The van der Waals surface area contributed by atoms with Crippen molar-refractivity contribution >= 4 is 5.91 Å². The second-order valence-electron chi connectivity index (χ2n) is 5.63. The quantitative estimate of drug-likeness (QED) is 0.707. The summed E-state index contributed by atoms with van der Waals surface area (Å²) in [6.07, 6.45) is 7.14. The van der Waals surface area contributed by atoms with Crippen LogP contribution in [-0.2, 0) is 4.79 Å². The molecule has 3 N–H and O–H groups in total. The third kappa shape index (κ3) is 2.29. The lowest BCUT2D eigenvalue weighted by molar-refractivity contribution is -0.124. The first-order chi connectivity index (χ1) is 7.53. The Morgan fingerprint density at radius 1 is 1.50 bits per heavy atom. The van der Waals surface area contributed by atoms with Crippen LogP contribution in [0.4, 0.5) is 0 Å². The highest BCUT2D eigenvalue weighted by Gasteiger charge is 2.45. The molecule has 2 aliphatic rings. The third-order valence-corrected chi connectivity index (χ3v) is 4.19. The molecule has 0 radical (unpaired) electrons. The summed E-state index contributed by atoms with van der Waals surface area (Å²) in [6.45, 7) is 5.32. The number of carbonyl (C=O) groups excluding carboxylic acids is 1. The van der Waals surface area contributed by atoms with Crippen LogP contribution in [0.15, 0.2) is 12.2 Å². The first kappa shape index (κ1) is 11.6. The normalized spacial score (nSPS) is 30.8. The predicted molar refractivity (Wildman–Crippen MR) is 64.7 cm³/mol. The summed E-state index contributed by atoms with van der Waals surface area (Å²) < 4.78 is 0. The van der Waals surface area contributed by atoms with Gasteiger partial charge in [-0.15, -0.1) is 0 Å². The van der Waals surface area contributed by atoms with Crippen molar-refractivity contribution in [3.63, 3.8) is 0 Å². The highest BCUT2D eigenvalue weighted by molar-refractivity contribution is 5.81. The molecule has 3 nitrogen and oxygen atoms in total. The summed E-state index contributed by atoms with van der Waals surface area (Å²) in [7, 11) is 0. The van der Waals surface area contributed by atoms with E-state index in [1.807, 2.05) is 12.2 Å². The number of hydrogen-bond acceptors (Lipinski definition) is 2. The molecule has 0 aromatic heterocycles. The van der Waals surface area contributed by atoms with Gasteiger partial charge in [0.25, 0.3) is 0 Å². The Bertz CT molecular complexity index is 305. The minimum Gasteiger partial charge on any atom is -0.355 e. The molecule has 0 aromatic carbocycles. The molecule has 0 aromatic rings. The Labute approximate surface area is 97.5 Å². The average Bonchev–Trinajstić information content (AvgIpc) is 2.92. The maximum absolute atomic E-state index is 11.9. The molecule has 2 aliphatic carbocycles. The van der Waals surface area contributed by atoms with Gasteiger partial charge in [0.2, 0.25) is 5.91 Å². The van der Waals surface area contributed by atoms with Crippen LogP contribution in [0.5, 0.6) is 0 Å². The lowest BCUT2D eigenvalue weighted by Gasteiger charge is -2.21. The van der Waals surface area contributed by atoms with E-state index in [4.69, 9.17) is 5.73 Å². The molecule has 0 saturated heterocycles. The van der Waals surface area contributed by atoms with Gasteiger partial charge in [0, 0.05) is 12.6 Å². The summed E-state index contributed by atoms with van der Waals surface area (Å²) in [5.41, 5.74) is 6.13. The Kier molecular flexibility index (Phi) is 3.06. The second kappa shape index (κ2) is 4.21. The maximum Gasteiger partial charge on any atom is 0.227 e. The fourth-order valence-corrected chi connectivity index (χ4v) is 2.43. The van der Waals surface area contributed by atoms with Crippen LogP contribution in [0.3, 0.4) is 0 Å². The molecule has 16 heavy (non-hydrogen) atoms. The van der Waals surface area contributed by atoms with E-state index in [0.29, 0.717) is 11.3 Å². The Morgan fingerprint density at radius 2 is 2.19 bits per heavy atom. The van der Waals surface area contributed by atoms with Gasteiger partial charge in [-0.3, -0.25) is 4.79 Å². The molecule has 0 spiro atoms. The summed E-state index contributed by atoms with van der Waals surface area (Å²) in [5.74, 6) is 0.809. The van der Waals surface area contributed by atoms with Crippen LogP contribution in [0.2, 0.25) is 0 Å². The number of rotatable bonds is 4. The summed E-state index contributed by atoms with van der Waals surface area (Å²) in [6, 6.07) is 0.0655. The Balaban J connectivity index is 1.79. The van der Waals surface area contributed by atoms with Crippen molar-refractivity contribution in [3.8, 4) is 0 Å². The number of carbonyl (C=O) groups is 1. The van der Waals surface area contributed by atoms with Gasteiger partial charge < -0.3 is 11.1 Å². The molecular weight excluding hydrogens is 200 g/mol. The van der Waals surface area contributed by atoms with Crippen molar-refractivity contribution in [2.45, 2.75) is 39.2 Å². The van der Waals surface area contributed by atoms with Crippen molar-refractivity contribution in [1.82, 2.24) is 5.32 Å². The summed E-state index contributed by atoms with van der Waals surface area (Å²) in [4.78, 5) is 11.9. The minimum atomic E-state index is -0.00189. The molecule has 0 heterocycles. The van der Waals surface area contributed by atoms with Crippen LogP contribution < -0.4 is 11.1 Å². The van der Waals surface area contributed by atoms with E-state index in [0.717, 1.165) is 13.0 Å². The van der Waals surface area contributed by atoms with Crippen molar-refractivity contribution < 1.29 is 4.79 Å². The second-order valence-corrected chi connectivity index (χ2v) is 5.63. The summed E-state index contributed by atoms with van der Waals surface area (Å²) in [5, 5.41) is 3.08. The fourth-order valence-electron chi connectivity index (χ4n) is 2.43. The lowest BCUT2D eigenvalue weighted by atomic mass is 9.92. The molecule has 0 aliphatic heterocycles. The average molecular weight is 222 g/mol. The van der Waals surface area contributed by atoms with Gasteiger partial charge in [0.05, 0.1) is 5.92 Å². The maximum atomic E-state index is 11.9. The molecule has 3 heteroatoms. The van der Waals surface area contributed by atoms with Crippen molar-refractivity contribution in [2.24, 2.45) is 23.0 Å². The topological polar surface area (TPSA) is 55.1 Å². The molecule has 90 valence electrons. The number of nitrogens with one attached hydrogen (secondary N) is 1. The molecule has 2 unspecified atom stereocenters. The Hall–Kier alpha value is -0.830.